The highest BCUT2D eigenvalue weighted by molar-refractivity contribution is 7.99. The molecule has 0 radical (unpaired) electrons. The van der Waals surface area contributed by atoms with Crippen molar-refractivity contribution in [2.24, 2.45) is 0 Å². The van der Waals surface area contributed by atoms with Gasteiger partial charge in [0, 0.05) is 11.3 Å². The average molecular weight is 252 g/mol. The van der Waals surface area contributed by atoms with E-state index in [-0.39, 0.29) is 17.9 Å². The summed E-state index contributed by atoms with van der Waals surface area (Å²) in [4.78, 5) is 0. The first-order chi connectivity index (χ1) is 8.26. The number of rotatable bonds is 5. The number of aromatic nitrogens is 1. The van der Waals surface area contributed by atoms with Crippen molar-refractivity contribution in [3.8, 4) is 0 Å². The van der Waals surface area contributed by atoms with Crippen molar-refractivity contribution in [3.05, 3.63) is 24.3 Å². The van der Waals surface area contributed by atoms with Crippen LogP contribution < -0.4 is 5.32 Å². The lowest BCUT2D eigenvalue weighted by molar-refractivity contribution is 0.288. The summed E-state index contributed by atoms with van der Waals surface area (Å²) in [6.07, 6.45) is 1.99. The first-order valence-corrected chi connectivity index (χ1v) is 6.79. The van der Waals surface area contributed by atoms with Crippen LogP contribution in [0.2, 0.25) is 0 Å². The Kier molecular flexibility index (Phi) is 3.91. The number of hydrogen-bond acceptors (Lipinski definition) is 5. The van der Waals surface area contributed by atoms with E-state index < -0.39 is 0 Å². The van der Waals surface area contributed by atoms with E-state index in [0.29, 0.717) is 0 Å². The summed E-state index contributed by atoms with van der Waals surface area (Å²) in [6.45, 7) is 2.17. The molecule has 0 fully saturated rings. The van der Waals surface area contributed by atoms with Gasteiger partial charge in [0.1, 0.15) is 0 Å². The van der Waals surface area contributed by atoms with Crippen molar-refractivity contribution in [2.75, 3.05) is 18.2 Å². The Labute approximate surface area is 104 Å². The predicted molar refractivity (Wildman–Crippen MR) is 71.5 cm³/mol. The molecule has 2 N–H and O–H groups in total. The molecule has 4 nitrogen and oxygen atoms in total. The van der Waals surface area contributed by atoms with E-state index >= 15 is 0 Å². The second kappa shape index (κ2) is 5.42. The summed E-state index contributed by atoms with van der Waals surface area (Å²) in [5.74, 6) is 0.737. The van der Waals surface area contributed by atoms with E-state index in [4.69, 9.17) is 4.52 Å². The molecular weight excluding hydrogens is 236 g/mol. The number of aliphatic hydroxyl groups excluding tert-OH is 1. The molecule has 17 heavy (non-hydrogen) atoms. The highest BCUT2D eigenvalue weighted by Crippen LogP contribution is 2.24. The maximum absolute atomic E-state index is 9.23. The van der Waals surface area contributed by atoms with Gasteiger partial charge in [0.2, 0.25) is 0 Å². The van der Waals surface area contributed by atoms with Gasteiger partial charge in [-0.15, -0.1) is 0 Å². The molecule has 0 amide bonds. The van der Waals surface area contributed by atoms with Crippen molar-refractivity contribution in [3.63, 3.8) is 0 Å². The Morgan fingerprint density at radius 3 is 2.94 bits per heavy atom. The number of nitrogens with zero attached hydrogens (tertiary/aromatic N) is 1. The maximum atomic E-state index is 9.23. The van der Waals surface area contributed by atoms with Crippen molar-refractivity contribution < 1.29 is 9.63 Å². The van der Waals surface area contributed by atoms with Crippen LogP contribution >= 0.6 is 11.8 Å². The van der Waals surface area contributed by atoms with Crippen molar-refractivity contribution >= 4 is 28.5 Å². The van der Waals surface area contributed by atoms with E-state index in [1.807, 2.05) is 37.4 Å². The fraction of sp³-hybridized carbons (Fsp3) is 0.417. The molecule has 92 valence electrons. The van der Waals surface area contributed by atoms with Crippen molar-refractivity contribution in [1.29, 1.82) is 0 Å². The number of fused-ring (bicyclic) bond motifs is 1. The molecule has 0 aliphatic carbocycles. The molecule has 2 rings (SSSR count). The molecule has 0 aliphatic heterocycles. The van der Waals surface area contributed by atoms with E-state index in [2.05, 4.69) is 10.5 Å². The lowest BCUT2D eigenvalue weighted by Gasteiger charge is -2.20. The zero-order chi connectivity index (χ0) is 12.3. The van der Waals surface area contributed by atoms with Gasteiger partial charge in [0.05, 0.1) is 12.0 Å². The lowest BCUT2D eigenvalue weighted by Crippen LogP contribution is -2.31. The molecule has 1 aromatic carbocycles. The first-order valence-electron chi connectivity index (χ1n) is 5.51. The third kappa shape index (κ3) is 2.56. The molecule has 0 aliphatic rings. The number of thioether (sulfide) groups is 1. The van der Waals surface area contributed by atoms with Crippen LogP contribution in [0.15, 0.2) is 28.8 Å². The van der Waals surface area contributed by atoms with Crippen molar-refractivity contribution in [2.45, 2.75) is 18.2 Å². The second-order valence-corrected chi connectivity index (χ2v) is 4.99. The monoisotopic (exact) mass is 252 g/mol. The van der Waals surface area contributed by atoms with E-state index in [1.54, 1.807) is 11.8 Å². The predicted octanol–water partition coefficient (Wildman–Crippen LogP) is 2.35. The molecule has 1 aromatic heterocycles. The van der Waals surface area contributed by atoms with Crippen LogP contribution in [0.4, 0.5) is 5.82 Å². The van der Waals surface area contributed by atoms with E-state index in [9.17, 15) is 5.11 Å². The minimum Gasteiger partial charge on any atom is -0.395 e. The van der Waals surface area contributed by atoms with E-state index in [0.717, 1.165) is 16.8 Å². The SMILES string of the molecule is CSC(CO)C(C)Nc1noc2ccccc12. The van der Waals surface area contributed by atoms with Crippen LogP contribution in [0, 0.1) is 0 Å². The lowest BCUT2D eigenvalue weighted by atomic mass is 10.2. The summed E-state index contributed by atoms with van der Waals surface area (Å²) >= 11 is 1.63. The van der Waals surface area contributed by atoms with Gasteiger partial charge in [-0.2, -0.15) is 11.8 Å². The summed E-state index contributed by atoms with van der Waals surface area (Å²) in [7, 11) is 0. The molecular formula is C12H16N2O2S. The Hall–Kier alpha value is -1.20. The number of para-hydroxylation sites is 1. The largest absolute Gasteiger partial charge is 0.395 e. The molecule has 0 bridgehead atoms. The van der Waals surface area contributed by atoms with Gasteiger partial charge in [-0.1, -0.05) is 17.3 Å². The number of aliphatic hydroxyl groups is 1. The normalized spacial score (nSPS) is 14.8. The van der Waals surface area contributed by atoms with Gasteiger partial charge in [-0.05, 0) is 25.3 Å². The van der Waals surface area contributed by atoms with Crippen LogP contribution in [0.5, 0.6) is 0 Å². The summed E-state index contributed by atoms with van der Waals surface area (Å²) < 4.78 is 5.22. The van der Waals surface area contributed by atoms with Gasteiger partial charge in [0.25, 0.3) is 0 Å². The summed E-state index contributed by atoms with van der Waals surface area (Å²) in [5.41, 5.74) is 0.770. The van der Waals surface area contributed by atoms with Crippen LogP contribution in [-0.4, -0.2) is 34.4 Å². The average Bonchev–Trinajstić information content (AvgIpc) is 2.74. The number of benzene rings is 1. The van der Waals surface area contributed by atoms with Gasteiger partial charge < -0.3 is 14.9 Å². The Morgan fingerprint density at radius 1 is 1.47 bits per heavy atom. The summed E-state index contributed by atoms with van der Waals surface area (Å²) in [5, 5.41) is 17.6. The third-order valence-corrected chi connectivity index (χ3v) is 3.95. The molecule has 2 unspecified atom stereocenters. The summed E-state index contributed by atoms with van der Waals surface area (Å²) in [6, 6.07) is 7.85. The topological polar surface area (TPSA) is 58.3 Å². The number of hydrogen-bond donors (Lipinski definition) is 2. The molecule has 0 spiro atoms. The maximum Gasteiger partial charge on any atom is 0.177 e. The van der Waals surface area contributed by atoms with Gasteiger partial charge in [-0.25, -0.2) is 0 Å². The zero-order valence-corrected chi connectivity index (χ0v) is 10.7. The fourth-order valence-electron chi connectivity index (χ4n) is 1.74. The number of anilines is 1. The van der Waals surface area contributed by atoms with Crippen LogP contribution in [0.3, 0.4) is 0 Å². The molecule has 2 aromatic rings. The third-order valence-electron chi connectivity index (χ3n) is 2.78. The molecule has 1 heterocycles. The van der Waals surface area contributed by atoms with Crippen LogP contribution in [-0.2, 0) is 0 Å². The first kappa shape index (κ1) is 12.3. The van der Waals surface area contributed by atoms with Gasteiger partial charge in [0.15, 0.2) is 11.4 Å². The second-order valence-electron chi connectivity index (χ2n) is 3.92. The standard InChI is InChI=1S/C12H16N2O2S/c1-8(11(7-15)17-2)13-12-9-5-3-4-6-10(9)16-14-12/h3-6,8,11,15H,7H2,1-2H3,(H,13,14). The minimum absolute atomic E-state index is 0.128. The van der Waals surface area contributed by atoms with Gasteiger partial charge in [-0.3, -0.25) is 0 Å². The smallest absolute Gasteiger partial charge is 0.177 e. The highest BCUT2D eigenvalue weighted by atomic mass is 32.2. The zero-order valence-electron chi connectivity index (χ0n) is 9.88. The molecule has 2 atom stereocenters. The Balaban J connectivity index is 2.18. The Morgan fingerprint density at radius 2 is 2.24 bits per heavy atom. The number of nitrogens with one attached hydrogen (secondary N) is 1. The fourth-order valence-corrected chi connectivity index (χ4v) is 2.36. The van der Waals surface area contributed by atoms with Crippen LogP contribution in [0.25, 0.3) is 11.0 Å². The van der Waals surface area contributed by atoms with Gasteiger partial charge >= 0.3 is 0 Å². The van der Waals surface area contributed by atoms with Crippen LogP contribution in [0.1, 0.15) is 6.92 Å². The highest BCUT2D eigenvalue weighted by Gasteiger charge is 2.17. The molecule has 0 saturated carbocycles. The van der Waals surface area contributed by atoms with Crippen molar-refractivity contribution in [1.82, 2.24) is 5.16 Å². The minimum atomic E-state index is 0.128. The van der Waals surface area contributed by atoms with E-state index in [1.165, 1.54) is 0 Å². The molecule has 0 saturated heterocycles. The Bertz CT molecular complexity index is 482. The quantitative estimate of drug-likeness (QED) is 0.855. The molecule has 5 heteroatoms.